The van der Waals surface area contributed by atoms with Crippen LogP contribution in [0.25, 0.3) is 10.8 Å². The minimum atomic E-state index is -0.913. The number of carbonyl (C=O) groups is 1. The lowest BCUT2D eigenvalue weighted by atomic mass is 9.92. The average Bonchev–Trinajstić information content (AvgIpc) is 3.50. The van der Waals surface area contributed by atoms with E-state index in [1.807, 2.05) is 30.3 Å². The zero-order valence-corrected chi connectivity index (χ0v) is 29.2. The first-order chi connectivity index (χ1) is 24.6. The van der Waals surface area contributed by atoms with Gasteiger partial charge in [-0.3, -0.25) is 20.2 Å². The maximum Gasteiger partial charge on any atom is 0.324 e. The van der Waals surface area contributed by atoms with Crippen molar-refractivity contribution in [2.45, 2.75) is 32.4 Å². The number of anilines is 4. The van der Waals surface area contributed by atoms with Gasteiger partial charge in [0.05, 0.1) is 24.6 Å². The molecule has 1 saturated heterocycles. The predicted octanol–water partition coefficient (Wildman–Crippen LogP) is 5.73. The lowest BCUT2D eigenvalue weighted by molar-refractivity contribution is 0.0356. The summed E-state index contributed by atoms with van der Waals surface area (Å²) in [5.41, 5.74) is 3.17. The smallest absolute Gasteiger partial charge is 0.324 e. The normalized spacial score (nSPS) is 14.1. The van der Waals surface area contributed by atoms with E-state index in [-0.39, 0.29) is 11.4 Å². The predicted molar refractivity (Wildman–Crippen MR) is 198 cm³/mol. The van der Waals surface area contributed by atoms with Crippen LogP contribution < -0.4 is 26.0 Å². The van der Waals surface area contributed by atoms with E-state index in [4.69, 9.17) is 15.9 Å². The summed E-state index contributed by atoms with van der Waals surface area (Å²) in [5, 5.41) is 29.2. The van der Waals surface area contributed by atoms with Crippen LogP contribution in [0.3, 0.4) is 0 Å². The number of aryl methyl sites for hydroxylation is 1. The minimum absolute atomic E-state index is 0.151. The number of hydrogen-bond donors (Lipinski definition) is 5. The Kier molecular flexibility index (Phi) is 10.8. The quantitative estimate of drug-likeness (QED) is 0.0859. The van der Waals surface area contributed by atoms with Crippen LogP contribution in [0, 0.1) is 12.3 Å². The fourth-order valence-electron chi connectivity index (χ4n) is 5.66. The Morgan fingerprint density at radius 2 is 1.84 bits per heavy atom. The Balaban J connectivity index is 1.13. The number of ether oxygens (including phenoxy) is 2. The SMILES string of the molecule is C#Cc1cc(Nc2nccc(Oc3ccc(NC(=O)Nc4cc(C(C)(C)C)nn4C)c4ccccc34)n2)cc(C(O)NCCN2CCOCC2)c1. The number of morpholine rings is 1. The summed E-state index contributed by atoms with van der Waals surface area (Å²) in [6, 6.07) is 19.7. The molecule has 13 nitrogen and oxygen atoms in total. The molecule has 0 aliphatic carbocycles. The highest BCUT2D eigenvalue weighted by Crippen LogP contribution is 2.34. The zero-order chi connectivity index (χ0) is 36.0. The molecule has 1 aliphatic heterocycles. The number of amides is 2. The number of urea groups is 1. The van der Waals surface area contributed by atoms with Crippen LogP contribution in [0.1, 0.15) is 43.8 Å². The molecule has 1 unspecified atom stereocenters. The number of fused-ring (bicyclic) bond motifs is 1. The van der Waals surface area contributed by atoms with Crippen LogP contribution in [0.5, 0.6) is 11.6 Å². The third-order valence-corrected chi connectivity index (χ3v) is 8.43. The molecule has 0 saturated carbocycles. The molecule has 3 aromatic carbocycles. The van der Waals surface area contributed by atoms with Gasteiger partial charge in [-0.1, -0.05) is 51.0 Å². The van der Waals surface area contributed by atoms with Crippen LogP contribution >= 0.6 is 0 Å². The van der Waals surface area contributed by atoms with Crippen molar-refractivity contribution in [3.8, 4) is 24.0 Å². The minimum Gasteiger partial charge on any atom is -0.438 e. The molecule has 0 bridgehead atoms. The Labute approximate surface area is 297 Å². The molecule has 2 aromatic heterocycles. The maximum atomic E-state index is 13.1. The van der Waals surface area contributed by atoms with Crippen molar-refractivity contribution < 1.29 is 19.4 Å². The van der Waals surface area contributed by atoms with E-state index < -0.39 is 12.3 Å². The first-order valence-corrected chi connectivity index (χ1v) is 16.8. The third-order valence-electron chi connectivity index (χ3n) is 8.43. The van der Waals surface area contributed by atoms with Gasteiger partial charge in [0, 0.05) is 79.0 Å². The molecule has 2 amide bonds. The monoisotopic (exact) mass is 689 g/mol. The van der Waals surface area contributed by atoms with Gasteiger partial charge in [-0.05, 0) is 35.9 Å². The number of aliphatic hydroxyl groups excluding tert-OH is 1. The van der Waals surface area contributed by atoms with Crippen LogP contribution in [0.2, 0.25) is 0 Å². The summed E-state index contributed by atoms with van der Waals surface area (Å²) in [6.45, 7) is 10.8. The molecule has 0 radical (unpaired) electrons. The van der Waals surface area contributed by atoms with E-state index >= 15 is 0 Å². The number of carbonyl (C=O) groups excluding carboxylic acids is 1. The van der Waals surface area contributed by atoms with Crippen molar-refractivity contribution in [1.82, 2.24) is 30.0 Å². The number of aliphatic hydroxyl groups is 1. The van der Waals surface area contributed by atoms with E-state index in [9.17, 15) is 9.90 Å². The van der Waals surface area contributed by atoms with E-state index in [0.717, 1.165) is 49.3 Å². The molecule has 5 aromatic rings. The Morgan fingerprint density at radius 1 is 1.06 bits per heavy atom. The topological polar surface area (TPSA) is 151 Å². The number of nitrogens with zero attached hydrogens (tertiary/aromatic N) is 5. The van der Waals surface area contributed by atoms with Gasteiger partial charge in [0.1, 0.15) is 17.8 Å². The molecule has 6 rings (SSSR count). The molecule has 5 N–H and O–H groups in total. The van der Waals surface area contributed by atoms with Crippen LogP contribution in [0.4, 0.5) is 27.9 Å². The van der Waals surface area contributed by atoms with Crippen molar-refractivity contribution in [1.29, 1.82) is 0 Å². The van der Waals surface area contributed by atoms with Gasteiger partial charge in [-0.2, -0.15) is 10.1 Å². The van der Waals surface area contributed by atoms with Crippen molar-refractivity contribution in [3.05, 3.63) is 89.7 Å². The van der Waals surface area contributed by atoms with E-state index in [0.29, 0.717) is 46.5 Å². The van der Waals surface area contributed by atoms with Gasteiger partial charge in [0.2, 0.25) is 11.8 Å². The molecule has 13 heteroatoms. The average molecular weight is 690 g/mol. The summed E-state index contributed by atoms with van der Waals surface area (Å²) in [6.07, 6.45) is 6.42. The van der Waals surface area contributed by atoms with Crippen LogP contribution in [-0.4, -0.2) is 75.2 Å². The van der Waals surface area contributed by atoms with Gasteiger partial charge in [0.25, 0.3) is 0 Å². The first kappa shape index (κ1) is 35.3. The number of benzene rings is 3. The molecular weight excluding hydrogens is 646 g/mol. The molecule has 1 fully saturated rings. The van der Waals surface area contributed by atoms with Crippen LogP contribution in [-0.2, 0) is 17.2 Å². The van der Waals surface area contributed by atoms with Crippen molar-refractivity contribution in [2.75, 3.05) is 55.3 Å². The third kappa shape index (κ3) is 8.99. The summed E-state index contributed by atoms with van der Waals surface area (Å²) in [7, 11) is 1.80. The lowest BCUT2D eigenvalue weighted by Gasteiger charge is -2.27. The van der Waals surface area contributed by atoms with E-state index in [1.54, 1.807) is 54.3 Å². The van der Waals surface area contributed by atoms with Gasteiger partial charge in [-0.25, -0.2) is 9.78 Å². The van der Waals surface area contributed by atoms with Crippen molar-refractivity contribution in [2.24, 2.45) is 7.05 Å². The molecule has 1 atom stereocenters. The molecule has 51 heavy (non-hydrogen) atoms. The van der Waals surface area contributed by atoms with Crippen LogP contribution in [0.15, 0.2) is 72.9 Å². The summed E-state index contributed by atoms with van der Waals surface area (Å²) in [4.78, 5) is 24.3. The number of terminal acetylenes is 1. The summed E-state index contributed by atoms with van der Waals surface area (Å²) < 4.78 is 13.3. The number of nitrogens with one attached hydrogen (secondary N) is 4. The van der Waals surface area contributed by atoms with Crippen molar-refractivity contribution in [3.63, 3.8) is 0 Å². The molecular formula is C38H43N9O4. The van der Waals surface area contributed by atoms with Gasteiger partial charge < -0.3 is 25.2 Å². The number of aromatic nitrogens is 4. The molecule has 1 aliphatic rings. The van der Waals surface area contributed by atoms with Gasteiger partial charge in [0.15, 0.2) is 0 Å². The lowest BCUT2D eigenvalue weighted by Crippen LogP contribution is -2.40. The van der Waals surface area contributed by atoms with Gasteiger partial charge >= 0.3 is 6.03 Å². The van der Waals surface area contributed by atoms with Gasteiger partial charge in [-0.15, -0.1) is 6.42 Å². The second-order valence-corrected chi connectivity index (χ2v) is 13.3. The Morgan fingerprint density at radius 3 is 2.59 bits per heavy atom. The highest BCUT2D eigenvalue weighted by molar-refractivity contribution is 6.07. The van der Waals surface area contributed by atoms with Crippen molar-refractivity contribution >= 4 is 39.9 Å². The summed E-state index contributed by atoms with van der Waals surface area (Å²) in [5.74, 6) is 4.38. The molecule has 264 valence electrons. The second-order valence-electron chi connectivity index (χ2n) is 13.3. The number of hydrogen-bond acceptors (Lipinski definition) is 10. The maximum absolute atomic E-state index is 13.1. The second kappa shape index (κ2) is 15.6. The van der Waals surface area contributed by atoms with E-state index in [1.165, 1.54) is 0 Å². The largest absolute Gasteiger partial charge is 0.438 e. The first-order valence-electron chi connectivity index (χ1n) is 16.8. The molecule has 3 heterocycles. The fourth-order valence-corrected chi connectivity index (χ4v) is 5.66. The zero-order valence-electron chi connectivity index (χ0n) is 29.2. The fraction of sp³-hybridized carbons (Fsp3) is 0.316. The molecule has 0 spiro atoms. The Bertz CT molecular complexity index is 2040. The highest BCUT2D eigenvalue weighted by Gasteiger charge is 2.20. The highest BCUT2D eigenvalue weighted by atomic mass is 16.5. The standard InChI is InChI=1S/C38H43N9O4/c1-6-25-21-26(35(48)39-15-16-47-17-19-50-20-18-47)23-27(22-25)41-36-40-14-13-34(44-36)51-31-12-11-30(28-9-7-8-10-29(28)31)42-37(49)43-33-24-32(38(2,3)4)45-46(33)5/h1,7-14,21-24,35,39,48H,15-20H2,2-5H3,(H,40,41,44)(H2,42,43,49). The summed E-state index contributed by atoms with van der Waals surface area (Å²) >= 11 is 0. The Hall–Kier alpha value is -5.52. The number of rotatable bonds is 11. The van der Waals surface area contributed by atoms with E-state index in [2.05, 4.69) is 67.9 Å².